The Balaban J connectivity index is 1.38. The van der Waals surface area contributed by atoms with Gasteiger partial charge in [-0.1, -0.05) is 71.9 Å². The van der Waals surface area contributed by atoms with Gasteiger partial charge in [0.05, 0.1) is 5.75 Å². The van der Waals surface area contributed by atoms with E-state index >= 15 is 0 Å². The number of para-hydroxylation sites is 1. The Labute approximate surface area is 212 Å². The normalized spacial score (nSPS) is 10.8. The Morgan fingerprint density at radius 2 is 1.60 bits per heavy atom. The van der Waals surface area contributed by atoms with Crippen molar-refractivity contribution in [3.05, 3.63) is 108 Å². The van der Waals surface area contributed by atoms with Gasteiger partial charge >= 0.3 is 0 Å². The topological polar surface area (TPSA) is 72.7 Å². The summed E-state index contributed by atoms with van der Waals surface area (Å²) in [6.07, 6.45) is 3.44. The molecule has 2 heterocycles. The van der Waals surface area contributed by atoms with Crippen LogP contribution >= 0.6 is 23.4 Å². The Morgan fingerprint density at radius 3 is 2.37 bits per heavy atom. The summed E-state index contributed by atoms with van der Waals surface area (Å²) in [5.74, 6) is 0.673. The van der Waals surface area contributed by atoms with Gasteiger partial charge in [-0.15, -0.1) is 10.2 Å². The maximum Gasteiger partial charge on any atom is 0.234 e. The minimum Gasteiger partial charge on any atom is -0.325 e. The third kappa shape index (κ3) is 5.26. The third-order valence-electron chi connectivity index (χ3n) is 5.26. The summed E-state index contributed by atoms with van der Waals surface area (Å²) in [5.41, 5.74) is 4.44. The van der Waals surface area contributed by atoms with Gasteiger partial charge in [0.1, 0.15) is 0 Å². The lowest BCUT2D eigenvalue weighted by Crippen LogP contribution is -2.15. The van der Waals surface area contributed by atoms with E-state index in [-0.39, 0.29) is 11.7 Å². The molecule has 0 fully saturated rings. The van der Waals surface area contributed by atoms with Crippen molar-refractivity contribution in [3.63, 3.8) is 0 Å². The highest BCUT2D eigenvalue weighted by Gasteiger charge is 2.18. The van der Waals surface area contributed by atoms with E-state index in [2.05, 4.69) is 20.5 Å². The first kappa shape index (κ1) is 22.8. The molecule has 172 valence electrons. The summed E-state index contributed by atoms with van der Waals surface area (Å²) < 4.78 is 1.91. The number of pyridine rings is 1. The van der Waals surface area contributed by atoms with Gasteiger partial charge in [0.15, 0.2) is 11.0 Å². The Hall–Kier alpha value is -3.94. The van der Waals surface area contributed by atoms with Crippen LogP contribution in [0, 0.1) is 0 Å². The largest absolute Gasteiger partial charge is 0.325 e. The predicted octanol–water partition coefficient (Wildman–Crippen LogP) is 6.38. The molecule has 0 aliphatic carbocycles. The number of hydrogen-bond acceptors (Lipinski definition) is 5. The van der Waals surface area contributed by atoms with Gasteiger partial charge < -0.3 is 5.32 Å². The highest BCUT2D eigenvalue weighted by Crippen LogP contribution is 2.30. The van der Waals surface area contributed by atoms with Crippen LogP contribution in [-0.2, 0) is 4.79 Å². The van der Waals surface area contributed by atoms with Crippen molar-refractivity contribution in [3.8, 4) is 28.2 Å². The molecule has 0 bridgehead atoms. The Bertz CT molecular complexity index is 1440. The molecule has 6 nitrogen and oxygen atoms in total. The summed E-state index contributed by atoms with van der Waals surface area (Å²) in [7, 11) is 0. The van der Waals surface area contributed by atoms with E-state index in [1.165, 1.54) is 11.8 Å². The van der Waals surface area contributed by atoms with Crippen LogP contribution in [0.2, 0.25) is 5.02 Å². The quantitative estimate of drug-likeness (QED) is 0.264. The molecule has 5 rings (SSSR count). The fraction of sp³-hybridized carbons (Fsp3) is 0.0370. The number of anilines is 1. The molecular weight excluding hydrogens is 478 g/mol. The number of halogens is 1. The molecule has 0 spiro atoms. The number of nitrogens with zero attached hydrogens (tertiary/aromatic N) is 4. The Kier molecular flexibility index (Phi) is 6.88. The van der Waals surface area contributed by atoms with E-state index in [9.17, 15) is 4.79 Å². The summed E-state index contributed by atoms with van der Waals surface area (Å²) in [6, 6.07) is 28.9. The van der Waals surface area contributed by atoms with Gasteiger partial charge in [-0.05, 0) is 48.0 Å². The van der Waals surface area contributed by atoms with Crippen molar-refractivity contribution in [2.45, 2.75) is 5.16 Å². The molecule has 1 amide bonds. The van der Waals surface area contributed by atoms with Crippen molar-refractivity contribution < 1.29 is 4.79 Å². The van der Waals surface area contributed by atoms with E-state index in [4.69, 9.17) is 11.6 Å². The summed E-state index contributed by atoms with van der Waals surface area (Å²) >= 11 is 7.41. The minimum absolute atomic E-state index is 0.132. The number of thioether (sulfide) groups is 1. The number of carbonyl (C=O) groups is 1. The van der Waals surface area contributed by atoms with Crippen molar-refractivity contribution in [1.29, 1.82) is 0 Å². The van der Waals surface area contributed by atoms with Crippen molar-refractivity contribution >= 4 is 35.0 Å². The maximum atomic E-state index is 12.9. The van der Waals surface area contributed by atoms with Gasteiger partial charge in [-0.3, -0.25) is 14.3 Å². The van der Waals surface area contributed by atoms with Gasteiger partial charge in [0.25, 0.3) is 0 Å². The zero-order chi connectivity index (χ0) is 24.0. The zero-order valence-electron chi connectivity index (χ0n) is 18.5. The first-order valence-electron chi connectivity index (χ1n) is 10.9. The van der Waals surface area contributed by atoms with E-state index in [0.717, 1.165) is 28.1 Å². The van der Waals surface area contributed by atoms with E-state index in [1.54, 1.807) is 12.4 Å². The highest BCUT2D eigenvalue weighted by atomic mass is 35.5. The minimum atomic E-state index is -0.132. The molecule has 0 unspecified atom stereocenters. The third-order valence-corrected chi connectivity index (χ3v) is 6.44. The number of benzene rings is 3. The van der Waals surface area contributed by atoms with Crippen molar-refractivity contribution in [2.75, 3.05) is 11.1 Å². The number of rotatable bonds is 7. The first-order chi connectivity index (χ1) is 17.2. The molecule has 1 N–H and O–H groups in total. The fourth-order valence-corrected chi connectivity index (χ4v) is 4.52. The molecule has 35 heavy (non-hydrogen) atoms. The number of aromatic nitrogens is 4. The molecule has 0 aliphatic heterocycles. The Morgan fingerprint density at radius 1 is 0.857 bits per heavy atom. The maximum absolute atomic E-state index is 12.9. The monoisotopic (exact) mass is 497 g/mol. The van der Waals surface area contributed by atoms with Gasteiger partial charge in [-0.25, -0.2) is 0 Å². The van der Waals surface area contributed by atoms with Gasteiger partial charge in [-0.2, -0.15) is 0 Å². The van der Waals surface area contributed by atoms with Crippen LogP contribution in [0.1, 0.15) is 0 Å². The molecule has 5 aromatic rings. The summed E-state index contributed by atoms with van der Waals surface area (Å²) in [5, 5.41) is 13.0. The van der Waals surface area contributed by atoms with E-state index < -0.39 is 0 Å². The molecule has 3 aromatic carbocycles. The number of carbonyl (C=O) groups excluding carboxylic acids is 1. The lowest BCUT2D eigenvalue weighted by Gasteiger charge is -2.12. The predicted molar refractivity (Wildman–Crippen MR) is 141 cm³/mol. The van der Waals surface area contributed by atoms with Crippen LogP contribution < -0.4 is 5.32 Å². The summed E-state index contributed by atoms with van der Waals surface area (Å²) in [4.78, 5) is 17.1. The molecule has 0 radical (unpaired) electrons. The standard InChI is InChI=1S/C27H20ClN5OS/c28-21-12-14-22(15-13-21)33-26(20-9-6-16-29-17-20)31-32-27(33)35-18-25(34)30-24-11-5-4-10-23(24)19-7-2-1-3-8-19/h1-17H,18H2,(H,30,34). The summed E-state index contributed by atoms with van der Waals surface area (Å²) in [6.45, 7) is 0. The van der Waals surface area contributed by atoms with Gasteiger partial charge in [0, 0.05) is 39.9 Å². The van der Waals surface area contributed by atoms with Crippen LogP contribution in [0.5, 0.6) is 0 Å². The second-order valence-corrected chi connectivity index (χ2v) is 8.99. The SMILES string of the molecule is O=C(CSc1nnc(-c2cccnc2)n1-c1ccc(Cl)cc1)Nc1ccccc1-c1ccccc1. The average molecular weight is 498 g/mol. The second-order valence-electron chi connectivity index (χ2n) is 7.61. The van der Waals surface area contributed by atoms with Crippen LogP contribution in [0.3, 0.4) is 0 Å². The molecule has 2 aromatic heterocycles. The number of amides is 1. The second kappa shape index (κ2) is 10.5. The van der Waals surface area contributed by atoms with Crippen LogP contribution in [0.15, 0.2) is 109 Å². The smallest absolute Gasteiger partial charge is 0.234 e. The molecular formula is C27H20ClN5OS. The average Bonchev–Trinajstić information content (AvgIpc) is 3.33. The molecule has 0 saturated heterocycles. The molecule has 0 saturated carbocycles. The number of nitrogens with one attached hydrogen (secondary N) is 1. The van der Waals surface area contributed by atoms with Crippen LogP contribution in [0.4, 0.5) is 5.69 Å². The van der Waals surface area contributed by atoms with E-state index in [0.29, 0.717) is 16.0 Å². The number of hydrogen-bond donors (Lipinski definition) is 1. The fourth-order valence-electron chi connectivity index (χ4n) is 3.65. The lowest BCUT2D eigenvalue weighted by molar-refractivity contribution is -0.113. The van der Waals surface area contributed by atoms with Crippen LogP contribution in [-0.4, -0.2) is 31.4 Å². The highest BCUT2D eigenvalue weighted by molar-refractivity contribution is 7.99. The van der Waals surface area contributed by atoms with Gasteiger partial charge in [0.2, 0.25) is 5.91 Å². The molecule has 0 atom stereocenters. The van der Waals surface area contributed by atoms with Crippen molar-refractivity contribution in [2.24, 2.45) is 0 Å². The first-order valence-corrected chi connectivity index (χ1v) is 12.2. The lowest BCUT2D eigenvalue weighted by atomic mass is 10.0. The molecule has 0 aliphatic rings. The van der Waals surface area contributed by atoms with Crippen molar-refractivity contribution in [1.82, 2.24) is 19.7 Å². The van der Waals surface area contributed by atoms with Crippen LogP contribution in [0.25, 0.3) is 28.2 Å². The zero-order valence-corrected chi connectivity index (χ0v) is 20.1. The van der Waals surface area contributed by atoms with E-state index in [1.807, 2.05) is 95.6 Å². The molecule has 8 heteroatoms.